The topological polar surface area (TPSA) is 53.5 Å². The Morgan fingerprint density at radius 2 is 1.55 bits per heavy atom. The fraction of sp³-hybridized carbons (Fsp3) is 0.320. The van der Waals surface area contributed by atoms with Crippen molar-refractivity contribution in [3.8, 4) is 11.3 Å². The lowest BCUT2D eigenvalue weighted by molar-refractivity contribution is 0.0746. The molecule has 0 radical (unpaired) electrons. The van der Waals surface area contributed by atoms with Crippen LogP contribution in [0, 0.1) is 0 Å². The number of ketones is 1. The number of hydrogen-bond donors (Lipinski definition) is 0. The van der Waals surface area contributed by atoms with Crippen molar-refractivity contribution in [2.75, 3.05) is 31.1 Å². The summed E-state index contributed by atoms with van der Waals surface area (Å²) in [5.41, 5.74) is 4.62. The van der Waals surface area contributed by atoms with Gasteiger partial charge in [-0.05, 0) is 56.2 Å². The molecule has 0 unspecified atom stereocenters. The van der Waals surface area contributed by atoms with Gasteiger partial charge in [-0.25, -0.2) is 4.98 Å². The first-order valence-electron chi connectivity index (χ1n) is 10.8. The van der Waals surface area contributed by atoms with Crippen LogP contribution in [0.15, 0.2) is 53.9 Å². The van der Waals surface area contributed by atoms with Crippen LogP contribution in [0.1, 0.15) is 51.4 Å². The summed E-state index contributed by atoms with van der Waals surface area (Å²) in [7, 11) is 0. The minimum absolute atomic E-state index is 0.0751. The van der Waals surface area contributed by atoms with Gasteiger partial charge in [0.25, 0.3) is 5.91 Å². The third-order valence-electron chi connectivity index (χ3n) is 6.08. The summed E-state index contributed by atoms with van der Waals surface area (Å²) in [6, 6.07) is 15.6. The van der Waals surface area contributed by atoms with Crippen LogP contribution >= 0.6 is 11.3 Å². The highest BCUT2D eigenvalue weighted by Gasteiger charge is 2.27. The minimum Gasteiger partial charge on any atom is -0.368 e. The molecule has 2 aliphatic rings. The van der Waals surface area contributed by atoms with Gasteiger partial charge in [0.1, 0.15) is 0 Å². The van der Waals surface area contributed by atoms with Gasteiger partial charge in [-0.1, -0.05) is 12.1 Å². The van der Waals surface area contributed by atoms with E-state index in [1.807, 2.05) is 53.4 Å². The Hall–Kier alpha value is -2.99. The summed E-state index contributed by atoms with van der Waals surface area (Å²) in [5, 5.41) is 3.36. The van der Waals surface area contributed by atoms with Gasteiger partial charge < -0.3 is 9.80 Å². The number of carbonyl (C=O) groups is 2. The van der Waals surface area contributed by atoms with Crippen LogP contribution in [0.3, 0.4) is 0 Å². The minimum atomic E-state index is 0.0751. The van der Waals surface area contributed by atoms with Gasteiger partial charge in [-0.15, -0.1) is 11.3 Å². The van der Waals surface area contributed by atoms with Crippen molar-refractivity contribution in [3.63, 3.8) is 0 Å². The van der Waals surface area contributed by atoms with E-state index in [9.17, 15) is 9.59 Å². The molecular weight excluding hydrogens is 406 g/mol. The lowest BCUT2D eigenvalue weighted by Gasteiger charge is -2.36. The molecule has 1 saturated heterocycles. The molecule has 1 aliphatic heterocycles. The molecule has 0 spiro atoms. The molecule has 3 aromatic rings. The average molecular weight is 432 g/mol. The normalized spacial score (nSPS) is 16.4. The Labute approximate surface area is 186 Å². The lowest BCUT2D eigenvalue weighted by atomic mass is 10.1. The van der Waals surface area contributed by atoms with Gasteiger partial charge in [0.05, 0.1) is 10.7 Å². The first-order valence-corrected chi connectivity index (χ1v) is 11.7. The van der Waals surface area contributed by atoms with E-state index in [0.29, 0.717) is 19.0 Å². The molecule has 1 aromatic heterocycles. The number of amides is 1. The maximum absolute atomic E-state index is 13.0. The lowest BCUT2D eigenvalue weighted by Crippen LogP contribution is -2.48. The van der Waals surface area contributed by atoms with Gasteiger partial charge in [0.2, 0.25) is 0 Å². The van der Waals surface area contributed by atoms with E-state index in [1.165, 1.54) is 17.8 Å². The Kier molecular flexibility index (Phi) is 5.32. The van der Waals surface area contributed by atoms with Crippen molar-refractivity contribution in [2.45, 2.75) is 25.7 Å². The molecule has 31 heavy (non-hydrogen) atoms. The zero-order chi connectivity index (χ0) is 21.4. The van der Waals surface area contributed by atoms with Crippen molar-refractivity contribution in [1.82, 2.24) is 9.88 Å². The van der Waals surface area contributed by atoms with Crippen molar-refractivity contribution >= 4 is 28.7 Å². The third kappa shape index (κ3) is 4.26. The summed E-state index contributed by atoms with van der Waals surface area (Å²) < 4.78 is 0. The fourth-order valence-electron chi connectivity index (χ4n) is 3.98. The average Bonchev–Trinajstić information content (AvgIpc) is 3.55. The molecule has 2 aromatic carbocycles. The summed E-state index contributed by atoms with van der Waals surface area (Å²) in [6.07, 6.45) is 2.52. The summed E-state index contributed by atoms with van der Waals surface area (Å²) in [4.78, 5) is 33.4. The quantitative estimate of drug-likeness (QED) is 0.542. The monoisotopic (exact) mass is 431 g/mol. The number of anilines is 1. The SMILES string of the molecule is CC(=O)c1ccc(N2CCN(C(=O)c3ccc(-c4csc(C5CC5)n4)cc3)CC2)cc1. The van der Waals surface area contributed by atoms with E-state index < -0.39 is 0 Å². The van der Waals surface area contributed by atoms with Crippen molar-refractivity contribution in [3.05, 3.63) is 70.0 Å². The van der Waals surface area contributed by atoms with Crippen LogP contribution in [-0.4, -0.2) is 47.8 Å². The number of benzene rings is 2. The van der Waals surface area contributed by atoms with Gasteiger partial charge in [-0.2, -0.15) is 0 Å². The second-order valence-corrected chi connectivity index (χ2v) is 9.19. The number of Topliss-reactive ketones (excluding diaryl/α,β-unsaturated/α-hetero) is 1. The van der Waals surface area contributed by atoms with E-state index in [4.69, 9.17) is 4.98 Å². The van der Waals surface area contributed by atoms with E-state index in [2.05, 4.69) is 10.3 Å². The van der Waals surface area contributed by atoms with Crippen molar-refractivity contribution in [1.29, 1.82) is 0 Å². The first-order chi connectivity index (χ1) is 15.1. The molecule has 2 heterocycles. The Bertz CT molecular complexity index is 1090. The molecule has 5 nitrogen and oxygen atoms in total. The van der Waals surface area contributed by atoms with Crippen LogP contribution in [0.4, 0.5) is 5.69 Å². The standard InChI is InChI=1S/C25H25N3O2S/c1-17(29)18-8-10-22(11-9-18)27-12-14-28(15-13-27)25(30)21-6-2-19(3-7-21)23-16-31-24(26-23)20-4-5-20/h2-3,6-11,16,20H,4-5,12-15H2,1H3. The maximum atomic E-state index is 13.0. The zero-order valence-corrected chi connectivity index (χ0v) is 18.4. The Balaban J connectivity index is 1.20. The van der Waals surface area contributed by atoms with E-state index in [-0.39, 0.29) is 11.7 Å². The second kappa shape index (κ2) is 8.27. The molecule has 0 N–H and O–H groups in total. The van der Waals surface area contributed by atoms with Crippen LogP contribution in [0.5, 0.6) is 0 Å². The highest BCUT2D eigenvalue weighted by atomic mass is 32.1. The molecule has 1 saturated carbocycles. The predicted octanol–water partition coefficient (Wildman–Crippen LogP) is 4.85. The molecule has 2 fully saturated rings. The molecule has 0 atom stereocenters. The number of carbonyl (C=O) groups excluding carboxylic acids is 2. The molecule has 6 heteroatoms. The van der Waals surface area contributed by atoms with Gasteiger partial charge in [0, 0.05) is 59.9 Å². The van der Waals surface area contributed by atoms with Crippen LogP contribution in [0.25, 0.3) is 11.3 Å². The molecule has 1 amide bonds. The number of aromatic nitrogens is 1. The molecule has 158 valence electrons. The van der Waals surface area contributed by atoms with E-state index in [1.54, 1.807) is 18.3 Å². The van der Waals surface area contributed by atoms with Crippen LogP contribution in [-0.2, 0) is 0 Å². The number of rotatable bonds is 5. The Morgan fingerprint density at radius 3 is 2.16 bits per heavy atom. The third-order valence-corrected chi connectivity index (χ3v) is 7.09. The van der Waals surface area contributed by atoms with Crippen LogP contribution < -0.4 is 4.90 Å². The number of piperazine rings is 1. The number of thiazole rings is 1. The highest BCUT2D eigenvalue weighted by molar-refractivity contribution is 7.10. The highest BCUT2D eigenvalue weighted by Crippen LogP contribution is 2.42. The largest absolute Gasteiger partial charge is 0.368 e. The number of nitrogens with zero attached hydrogens (tertiary/aromatic N) is 3. The summed E-state index contributed by atoms with van der Waals surface area (Å²) in [5.74, 6) is 0.825. The van der Waals surface area contributed by atoms with Gasteiger partial charge in [0.15, 0.2) is 5.78 Å². The molecule has 0 bridgehead atoms. The molecular formula is C25H25N3O2S. The summed E-state index contributed by atoms with van der Waals surface area (Å²) >= 11 is 1.74. The maximum Gasteiger partial charge on any atom is 0.253 e. The predicted molar refractivity (Wildman–Crippen MR) is 124 cm³/mol. The van der Waals surface area contributed by atoms with Crippen molar-refractivity contribution in [2.24, 2.45) is 0 Å². The molecule has 5 rings (SSSR count). The zero-order valence-electron chi connectivity index (χ0n) is 17.6. The fourth-order valence-corrected chi connectivity index (χ4v) is 4.98. The van der Waals surface area contributed by atoms with Crippen LogP contribution in [0.2, 0.25) is 0 Å². The number of hydrogen-bond acceptors (Lipinski definition) is 5. The first kappa shape index (κ1) is 19.9. The Morgan fingerprint density at radius 1 is 0.903 bits per heavy atom. The van der Waals surface area contributed by atoms with Crippen molar-refractivity contribution < 1.29 is 9.59 Å². The molecule has 1 aliphatic carbocycles. The van der Waals surface area contributed by atoms with Gasteiger partial charge >= 0.3 is 0 Å². The summed E-state index contributed by atoms with van der Waals surface area (Å²) in [6.45, 7) is 4.52. The van der Waals surface area contributed by atoms with E-state index in [0.717, 1.165) is 41.2 Å². The van der Waals surface area contributed by atoms with Gasteiger partial charge in [-0.3, -0.25) is 9.59 Å². The smallest absolute Gasteiger partial charge is 0.253 e. The van der Waals surface area contributed by atoms with E-state index >= 15 is 0 Å². The second-order valence-electron chi connectivity index (χ2n) is 8.30.